The van der Waals surface area contributed by atoms with E-state index < -0.39 is 6.10 Å². The molecule has 0 saturated carbocycles. The highest BCUT2D eigenvalue weighted by Crippen LogP contribution is 2.31. The van der Waals surface area contributed by atoms with Gasteiger partial charge < -0.3 is 9.84 Å². The number of β-amino-alcohol motifs (C(OH)–C–C–N with tert-alkyl or cyclic N) is 1. The molecule has 1 heterocycles. The van der Waals surface area contributed by atoms with Crippen LogP contribution in [0.2, 0.25) is 0 Å². The number of hydrogen-bond acceptors (Lipinski definition) is 3. The van der Waals surface area contributed by atoms with Crippen LogP contribution in [-0.2, 0) is 4.74 Å². The van der Waals surface area contributed by atoms with Crippen LogP contribution in [0.15, 0.2) is 30.3 Å². The van der Waals surface area contributed by atoms with Gasteiger partial charge in [0.15, 0.2) is 0 Å². The molecule has 2 unspecified atom stereocenters. The summed E-state index contributed by atoms with van der Waals surface area (Å²) in [6, 6.07) is 11.0. The van der Waals surface area contributed by atoms with Crippen molar-refractivity contribution < 1.29 is 9.84 Å². The maximum absolute atomic E-state index is 10.1. The molecule has 1 saturated heterocycles. The minimum atomic E-state index is -0.397. The molecular formula is C16H25NO2. The van der Waals surface area contributed by atoms with Gasteiger partial charge in [-0.2, -0.15) is 0 Å². The van der Waals surface area contributed by atoms with Gasteiger partial charge in [0.1, 0.15) is 0 Å². The van der Waals surface area contributed by atoms with Crippen molar-refractivity contribution in [1.82, 2.24) is 4.90 Å². The van der Waals surface area contributed by atoms with Gasteiger partial charge in [-0.05, 0) is 38.8 Å². The zero-order valence-corrected chi connectivity index (χ0v) is 12.0. The normalized spacial score (nSPS) is 22.0. The highest BCUT2D eigenvalue weighted by Gasteiger charge is 2.27. The third-order valence-electron chi connectivity index (χ3n) is 3.62. The number of aliphatic hydroxyl groups excluding tert-OH is 1. The quantitative estimate of drug-likeness (QED) is 0.856. The van der Waals surface area contributed by atoms with E-state index in [1.807, 2.05) is 19.9 Å². The first kappa shape index (κ1) is 14.5. The molecule has 0 aromatic heterocycles. The molecule has 19 heavy (non-hydrogen) atoms. The number of rotatable bonds is 6. The van der Waals surface area contributed by atoms with Gasteiger partial charge in [0.05, 0.1) is 18.8 Å². The van der Waals surface area contributed by atoms with E-state index in [0.29, 0.717) is 19.2 Å². The Morgan fingerprint density at radius 2 is 2.05 bits per heavy atom. The molecule has 106 valence electrons. The molecule has 2 atom stereocenters. The Labute approximate surface area is 116 Å². The van der Waals surface area contributed by atoms with Gasteiger partial charge in [0.2, 0.25) is 0 Å². The van der Waals surface area contributed by atoms with E-state index in [1.165, 1.54) is 18.4 Å². The van der Waals surface area contributed by atoms with Crippen molar-refractivity contribution in [1.29, 1.82) is 0 Å². The Balaban J connectivity index is 1.89. The van der Waals surface area contributed by atoms with Crippen LogP contribution in [0.4, 0.5) is 0 Å². The van der Waals surface area contributed by atoms with Gasteiger partial charge in [0.25, 0.3) is 0 Å². The third kappa shape index (κ3) is 4.30. The van der Waals surface area contributed by atoms with Crippen LogP contribution in [0, 0.1) is 0 Å². The molecule has 0 spiro atoms. The molecule has 2 rings (SSSR count). The fourth-order valence-corrected chi connectivity index (χ4v) is 2.72. The molecule has 3 heteroatoms. The Bertz CT molecular complexity index is 366. The van der Waals surface area contributed by atoms with Gasteiger partial charge in [-0.1, -0.05) is 30.3 Å². The van der Waals surface area contributed by atoms with Crippen LogP contribution >= 0.6 is 0 Å². The van der Waals surface area contributed by atoms with E-state index in [1.54, 1.807) is 0 Å². The molecule has 1 aromatic rings. The van der Waals surface area contributed by atoms with E-state index in [-0.39, 0.29) is 6.10 Å². The van der Waals surface area contributed by atoms with Crippen LogP contribution in [0.1, 0.15) is 38.3 Å². The SMILES string of the molecule is CC(C)OCC(O)CN1CCCC1c1ccccc1. The van der Waals surface area contributed by atoms with Crippen LogP contribution in [0.3, 0.4) is 0 Å². The molecule has 1 fully saturated rings. The molecule has 0 bridgehead atoms. The second kappa shape index (κ2) is 7.04. The van der Waals surface area contributed by atoms with Crippen LogP contribution in [-0.4, -0.2) is 41.9 Å². The number of likely N-dealkylation sites (tertiary alicyclic amines) is 1. The van der Waals surface area contributed by atoms with E-state index in [2.05, 4.69) is 29.2 Å². The van der Waals surface area contributed by atoms with Crippen LogP contribution in [0.5, 0.6) is 0 Å². The topological polar surface area (TPSA) is 32.7 Å². The lowest BCUT2D eigenvalue weighted by Crippen LogP contribution is -2.35. The summed E-state index contributed by atoms with van der Waals surface area (Å²) in [6.45, 7) is 6.19. The maximum Gasteiger partial charge on any atom is 0.0900 e. The smallest absolute Gasteiger partial charge is 0.0900 e. The molecule has 1 aliphatic heterocycles. The van der Waals surface area contributed by atoms with Gasteiger partial charge in [-0.15, -0.1) is 0 Å². The lowest BCUT2D eigenvalue weighted by Gasteiger charge is -2.27. The molecule has 1 aromatic carbocycles. The molecule has 0 radical (unpaired) electrons. The first-order chi connectivity index (χ1) is 9.16. The number of benzene rings is 1. The van der Waals surface area contributed by atoms with Gasteiger partial charge in [-0.3, -0.25) is 4.90 Å². The van der Waals surface area contributed by atoms with Crippen LogP contribution < -0.4 is 0 Å². The van der Waals surface area contributed by atoms with Crippen molar-refractivity contribution in [3.63, 3.8) is 0 Å². The largest absolute Gasteiger partial charge is 0.389 e. The minimum absolute atomic E-state index is 0.179. The summed E-state index contributed by atoms with van der Waals surface area (Å²) in [4.78, 5) is 2.38. The zero-order valence-electron chi connectivity index (χ0n) is 12.0. The van der Waals surface area contributed by atoms with Crippen molar-refractivity contribution in [3.8, 4) is 0 Å². The lowest BCUT2D eigenvalue weighted by molar-refractivity contribution is -0.0101. The van der Waals surface area contributed by atoms with Crippen molar-refractivity contribution in [2.75, 3.05) is 19.7 Å². The highest BCUT2D eigenvalue weighted by molar-refractivity contribution is 5.20. The standard InChI is InChI=1S/C16H25NO2/c1-13(2)19-12-15(18)11-17-10-6-9-16(17)14-7-4-3-5-8-14/h3-5,7-8,13,15-16,18H,6,9-12H2,1-2H3. The molecule has 0 aliphatic carbocycles. The Morgan fingerprint density at radius 3 is 2.74 bits per heavy atom. The predicted octanol–water partition coefficient (Wildman–Crippen LogP) is 2.61. The first-order valence-electron chi connectivity index (χ1n) is 7.25. The van der Waals surface area contributed by atoms with Crippen molar-refractivity contribution in [2.45, 2.75) is 44.9 Å². The van der Waals surface area contributed by atoms with Crippen molar-refractivity contribution >= 4 is 0 Å². The number of aliphatic hydroxyl groups is 1. The van der Waals surface area contributed by atoms with Gasteiger partial charge in [0, 0.05) is 12.6 Å². The monoisotopic (exact) mass is 263 g/mol. The minimum Gasteiger partial charge on any atom is -0.389 e. The number of nitrogens with zero attached hydrogens (tertiary/aromatic N) is 1. The fourth-order valence-electron chi connectivity index (χ4n) is 2.72. The van der Waals surface area contributed by atoms with Gasteiger partial charge >= 0.3 is 0 Å². The third-order valence-corrected chi connectivity index (χ3v) is 3.62. The molecule has 1 aliphatic rings. The predicted molar refractivity (Wildman–Crippen MR) is 77.1 cm³/mol. The average Bonchev–Trinajstić information content (AvgIpc) is 2.85. The Morgan fingerprint density at radius 1 is 1.32 bits per heavy atom. The second-order valence-electron chi connectivity index (χ2n) is 5.60. The zero-order chi connectivity index (χ0) is 13.7. The van der Waals surface area contributed by atoms with E-state index >= 15 is 0 Å². The Hall–Kier alpha value is -0.900. The number of hydrogen-bond donors (Lipinski definition) is 1. The Kier molecular flexibility index (Phi) is 5.37. The first-order valence-corrected chi connectivity index (χ1v) is 7.25. The van der Waals surface area contributed by atoms with Crippen LogP contribution in [0.25, 0.3) is 0 Å². The summed E-state index contributed by atoms with van der Waals surface area (Å²) in [5.74, 6) is 0. The molecule has 3 nitrogen and oxygen atoms in total. The second-order valence-corrected chi connectivity index (χ2v) is 5.60. The summed E-state index contributed by atoms with van der Waals surface area (Å²) in [5.41, 5.74) is 1.36. The van der Waals surface area contributed by atoms with Crippen molar-refractivity contribution in [3.05, 3.63) is 35.9 Å². The summed E-state index contributed by atoms with van der Waals surface area (Å²) >= 11 is 0. The average molecular weight is 263 g/mol. The molecule has 1 N–H and O–H groups in total. The summed E-state index contributed by atoms with van der Waals surface area (Å²) in [6.07, 6.45) is 2.17. The van der Waals surface area contributed by atoms with Crippen molar-refractivity contribution in [2.24, 2.45) is 0 Å². The fraction of sp³-hybridized carbons (Fsp3) is 0.625. The van der Waals surface area contributed by atoms with E-state index in [0.717, 1.165) is 6.54 Å². The highest BCUT2D eigenvalue weighted by atomic mass is 16.5. The lowest BCUT2D eigenvalue weighted by atomic mass is 10.0. The molecule has 0 amide bonds. The van der Waals surface area contributed by atoms with E-state index in [9.17, 15) is 5.11 Å². The number of ether oxygens (including phenoxy) is 1. The molecular weight excluding hydrogens is 238 g/mol. The van der Waals surface area contributed by atoms with E-state index in [4.69, 9.17) is 4.74 Å². The maximum atomic E-state index is 10.1. The van der Waals surface area contributed by atoms with Gasteiger partial charge in [-0.25, -0.2) is 0 Å². The summed E-state index contributed by atoms with van der Waals surface area (Å²) in [5, 5.41) is 10.1. The summed E-state index contributed by atoms with van der Waals surface area (Å²) < 4.78 is 5.48. The summed E-state index contributed by atoms with van der Waals surface area (Å²) in [7, 11) is 0.